The first-order chi connectivity index (χ1) is 10.8. The summed E-state index contributed by atoms with van der Waals surface area (Å²) >= 11 is 0. The first kappa shape index (κ1) is 21.9. The zero-order valence-electron chi connectivity index (χ0n) is 14.3. The van der Waals surface area contributed by atoms with Gasteiger partial charge in [-0.2, -0.15) is 0 Å². The number of halogens is 1. The van der Waals surface area contributed by atoms with Gasteiger partial charge >= 0.3 is 0 Å². The van der Waals surface area contributed by atoms with Crippen molar-refractivity contribution < 1.29 is 19.2 Å². The number of hydrogen-bond acceptors (Lipinski definition) is 6. The molecule has 0 bridgehead atoms. The monoisotopic (exact) mass is 361 g/mol. The summed E-state index contributed by atoms with van der Waals surface area (Å²) in [6, 6.07) is 2.46. The van der Waals surface area contributed by atoms with Gasteiger partial charge in [-0.15, -0.1) is 12.4 Å². The summed E-state index contributed by atoms with van der Waals surface area (Å²) in [4.78, 5) is 22.9. The summed E-state index contributed by atoms with van der Waals surface area (Å²) in [6.07, 6.45) is 1.36. The predicted molar refractivity (Wildman–Crippen MR) is 93.3 cm³/mol. The number of nitro benzene ring substituents is 1. The number of methoxy groups -OCH3 is 2. The number of nitro groups is 1. The summed E-state index contributed by atoms with van der Waals surface area (Å²) < 4.78 is 10.1. The molecule has 0 aliphatic heterocycles. The number of rotatable bonds is 8. The Kier molecular flexibility index (Phi) is 8.49. The van der Waals surface area contributed by atoms with Crippen LogP contribution in [-0.2, 0) is 0 Å². The number of carbonyl (C=O) groups is 1. The van der Waals surface area contributed by atoms with Gasteiger partial charge in [-0.1, -0.05) is 13.8 Å². The first-order valence-corrected chi connectivity index (χ1v) is 7.29. The lowest BCUT2D eigenvalue weighted by Crippen LogP contribution is -2.49. The lowest BCUT2D eigenvalue weighted by Gasteiger charge is -2.26. The molecular weight excluding hydrogens is 338 g/mol. The van der Waals surface area contributed by atoms with Crippen molar-refractivity contribution >= 4 is 24.0 Å². The normalized spacial score (nSPS) is 10.5. The van der Waals surface area contributed by atoms with Gasteiger partial charge in [0.15, 0.2) is 11.5 Å². The van der Waals surface area contributed by atoms with E-state index in [1.807, 2.05) is 13.8 Å². The van der Waals surface area contributed by atoms with Crippen LogP contribution < -0.4 is 20.5 Å². The fraction of sp³-hybridized carbons (Fsp3) is 0.533. The minimum Gasteiger partial charge on any atom is -0.493 e. The molecule has 0 spiro atoms. The number of carbonyl (C=O) groups excluding carboxylic acids is 1. The summed E-state index contributed by atoms with van der Waals surface area (Å²) in [5.41, 5.74) is 5.14. The van der Waals surface area contributed by atoms with Gasteiger partial charge in [-0.3, -0.25) is 14.9 Å². The van der Waals surface area contributed by atoms with Crippen LogP contribution in [0.15, 0.2) is 12.1 Å². The molecule has 0 aliphatic rings. The summed E-state index contributed by atoms with van der Waals surface area (Å²) in [5.74, 6) is -0.145. The van der Waals surface area contributed by atoms with Gasteiger partial charge < -0.3 is 20.5 Å². The Labute approximate surface area is 147 Å². The molecule has 8 nitrogen and oxygen atoms in total. The molecule has 0 radical (unpaired) electrons. The van der Waals surface area contributed by atoms with E-state index in [0.717, 1.165) is 0 Å². The number of hydrogen-bond donors (Lipinski definition) is 2. The molecule has 0 saturated heterocycles. The van der Waals surface area contributed by atoms with E-state index in [2.05, 4.69) is 5.32 Å². The van der Waals surface area contributed by atoms with E-state index < -0.39 is 16.4 Å². The molecule has 1 aromatic carbocycles. The van der Waals surface area contributed by atoms with Crippen LogP contribution in [0.25, 0.3) is 0 Å². The minimum atomic E-state index is -0.633. The predicted octanol–water partition coefficient (Wildman–Crippen LogP) is 2.28. The van der Waals surface area contributed by atoms with Crippen molar-refractivity contribution in [3.8, 4) is 11.5 Å². The number of nitrogens with one attached hydrogen (secondary N) is 1. The Morgan fingerprint density at radius 1 is 1.25 bits per heavy atom. The molecule has 1 rings (SSSR count). The molecule has 0 saturated carbocycles. The van der Waals surface area contributed by atoms with E-state index in [-0.39, 0.29) is 41.7 Å². The summed E-state index contributed by atoms with van der Waals surface area (Å²) in [7, 11) is 2.76. The number of ether oxygens (including phenoxy) is 2. The van der Waals surface area contributed by atoms with Gasteiger partial charge in [0, 0.05) is 18.2 Å². The van der Waals surface area contributed by atoms with Gasteiger partial charge in [0.25, 0.3) is 11.6 Å². The summed E-state index contributed by atoms with van der Waals surface area (Å²) in [6.45, 7) is 4.08. The standard InChI is InChI=1S/C15H23N3O5.ClH/c1-5-15(16,6-2)9-17-14(19)10-7-12(22-3)13(23-4)8-11(10)18(20)21;/h7-8H,5-6,9,16H2,1-4H3,(H,17,19);1H. The number of nitrogens with zero attached hydrogens (tertiary/aromatic N) is 1. The minimum absolute atomic E-state index is 0. The lowest BCUT2D eigenvalue weighted by atomic mass is 9.94. The maximum absolute atomic E-state index is 12.3. The van der Waals surface area contributed by atoms with Crippen molar-refractivity contribution in [2.75, 3.05) is 20.8 Å². The van der Waals surface area contributed by atoms with Gasteiger partial charge in [0.1, 0.15) is 5.56 Å². The molecular formula is C15H24ClN3O5. The largest absolute Gasteiger partial charge is 0.493 e. The quantitative estimate of drug-likeness (QED) is 0.542. The highest BCUT2D eigenvalue weighted by Gasteiger charge is 2.27. The smallest absolute Gasteiger partial charge is 0.286 e. The van der Waals surface area contributed by atoms with Crippen molar-refractivity contribution in [2.24, 2.45) is 5.73 Å². The third-order valence-corrected chi connectivity index (χ3v) is 3.95. The zero-order chi connectivity index (χ0) is 17.6. The first-order valence-electron chi connectivity index (χ1n) is 7.29. The van der Waals surface area contributed by atoms with Crippen LogP contribution >= 0.6 is 12.4 Å². The second-order valence-electron chi connectivity index (χ2n) is 5.23. The van der Waals surface area contributed by atoms with Crippen LogP contribution in [0.1, 0.15) is 37.0 Å². The van der Waals surface area contributed by atoms with Crippen molar-refractivity contribution in [1.29, 1.82) is 0 Å². The van der Waals surface area contributed by atoms with Crippen molar-refractivity contribution in [3.63, 3.8) is 0 Å². The van der Waals surface area contributed by atoms with Gasteiger partial charge in [0.2, 0.25) is 0 Å². The third kappa shape index (κ3) is 4.97. The molecule has 0 aromatic heterocycles. The Hall–Kier alpha value is -2.06. The molecule has 136 valence electrons. The maximum Gasteiger partial charge on any atom is 0.286 e. The molecule has 0 atom stereocenters. The third-order valence-electron chi connectivity index (χ3n) is 3.95. The number of benzene rings is 1. The highest BCUT2D eigenvalue weighted by atomic mass is 35.5. The Bertz CT molecular complexity index is 591. The maximum atomic E-state index is 12.3. The van der Waals surface area contributed by atoms with Crippen LogP contribution in [-0.4, -0.2) is 37.1 Å². The fourth-order valence-corrected chi connectivity index (χ4v) is 2.05. The highest BCUT2D eigenvalue weighted by Crippen LogP contribution is 2.34. The number of amides is 1. The van der Waals surface area contributed by atoms with Crippen LogP contribution in [0, 0.1) is 10.1 Å². The highest BCUT2D eigenvalue weighted by molar-refractivity contribution is 5.99. The fourth-order valence-electron chi connectivity index (χ4n) is 2.05. The molecule has 24 heavy (non-hydrogen) atoms. The SMILES string of the molecule is CCC(N)(CC)CNC(=O)c1cc(OC)c(OC)cc1[N+](=O)[O-].Cl. The summed E-state index contributed by atoms with van der Waals surface area (Å²) in [5, 5.41) is 13.9. The Balaban J connectivity index is 0.00000529. The van der Waals surface area contributed by atoms with Crippen LogP contribution in [0.3, 0.4) is 0 Å². The van der Waals surface area contributed by atoms with E-state index in [1.165, 1.54) is 26.4 Å². The van der Waals surface area contributed by atoms with E-state index in [0.29, 0.717) is 12.8 Å². The number of nitrogens with two attached hydrogens (primary N) is 1. The molecule has 0 aliphatic carbocycles. The lowest BCUT2D eigenvalue weighted by molar-refractivity contribution is -0.385. The van der Waals surface area contributed by atoms with Crippen molar-refractivity contribution in [1.82, 2.24) is 5.32 Å². The molecule has 3 N–H and O–H groups in total. The second-order valence-corrected chi connectivity index (χ2v) is 5.23. The zero-order valence-corrected chi connectivity index (χ0v) is 15.1. The molecule has 0 fully saturated rings. The van der Waals surface area contributed by atoms with Crippen molar-refractivity contribution in [2.45, 2.75) is 32.2 Å². The molecule has 1 aromatic rings. The molecule has 9 heteroatoms. The topological polar surface area (TPSA) is 117 Å². The average Bonchev–Trinajstić information content (AvgIpc) is 2.57. The van der Waals surface area contributed by atoms with Gasteiger partial charge in [-0.05, 0) is 12.8 Å². The molecule has 0 unspecified atom stereocenters. The van der Waals surface area contributed by atoms with Crippen LogP contribution in [0.2, 0.25) is 0 Å². The average molecular weight is 362 g/mol. The van der Waals surface area contributed by atoms with E-state index in [4.69, 9.17) is 15.2 Å². The van der Waals surface area contributed by atoms with Crippen molar-refractivity contribution in [3.05, 3.63) is 27.8 Å². The van der Waals surface area contributed by atoms with E-state index in [1.54, 1.807) is 0 Å². The van der Waals surface area contributed by atoms with Gasteiger partial charge in [0.05, 0.1) is 25.2 Å². The molecule has 0 heterocycles. The van der Waals surface area contributed by atoms with E-state index in [9.17, 15) is 14.9 Å². The Morgan fingerprint density at radius 3 is 2.17 bits per heavy atom. The van der Waals surface area contributed by atoms with Crippen LogP contribution in [0.4, 0.5) is 5.69 Å². The molecule has 1 amide bonds. The van der Waals surface area contributed by atoms with E-state index >= 15 is 0 Å². The van der Waals surface area contributed by atoms with Crippen LogP contribution in [0.5, 0.6) is 11.5 Å². The Morgan fingerprint density at radius 2 is 1.75 bits per heavy atom. The van der Waals surface area contributed by atoms with Gasteiger partial charge in [-0.25, -0.2) is 0 Å². The second kappa shape index (κ2) is 9.29.